The summed E-state index contributed by atoms with van der Waals surface area (Å²) < 4.78 is 0. The Hall–Kier alpha value is -0.0800. The molecule has 0 unspecified atom stereocenters. The van der Waals surface area contributed by atoms with Crippen LogP contribution in [0.3, 0.4) is 0 Å². The lowest BCUT2D eigenvalue weighted by molar-refractivity contribution is -0.290. The Labute approximate surface area is 44.4 Å². The van der Waals surface area contributed by atoms with E-state index in [1.807, 2.05) is 6.92 Å². The summed E-state index contributed by atoms with van der Waals surface area (Å²) in [6, 6.07) is 0. The minimum Gasteiger partial charge on any atom is -0.237 e. The van der Waals surface area contributed by atoms with E-state index in [0.717, 1.165) is 6.42 Å². The van der Waals surface area contributed by atoms with Crippen LogP contribution < -0.4 is 0 Å². The Morgan fingerprint density at radius 2 is 2.14 bits per heavy atom. The Balaban J connectivity index is 2.45. The third-order valence-electron chi connectivity index (χ3n) is 0.429. The number of rotatable bonds is 4. The molecule has 0 atom stereocenters. The van der Waals surface area contributed by atoms with Crippen molar-refractivity contribution in [3.63, 3.8) is 0 Å². The number of hydrogen-bond donors (Lipinski definition) is 0. The molecule has 0 fully saturated rings. The maximum atomic E-state index is 4.57. The zero-order chi connectivity index (χ0) is 5.54. The zero-order valence-corrected chi connectivity index (χ0v) is 4.64. The molecular weight excluding hydrogens is 92.1 g/mol. The molecule has 2 nitrogen and oxygen atoms in total. The van der Waals surface area contributed by atoms with Crippen LogP contribution in [0.4, 0.5) is 0 Å². The van der Waals surface area contributed by atoms with E-state index >= 15 is 0 Å². The number of hydrogen-bond acceptors (Lipinski definition) is 2. The van der Waals surface area contributed by atoms with Crippen molar-refractivity contribution in [2.45, 2.75) is 13.3 Å². The molecule has 0 saturated heterocycles. The van der Waals surface area contributed by atoms with Gasteiger partial charge >= 0.3 is 0 Å². The van der Waals surface area contributed by atoms with E-state index in [1.54, 1.807) is 0 Å². The van der Waals surface area contributed by atoms with Gasteiger partial charge < -0.3 is 0 Å². The molecule has 0 aliphatic carbocycles. The quantitative estimate of drug-likeness (QED) is 0.302. The van der Waals surface area contributed by atoms with E-state index in [1.165, 1.54) is 0 Å². The maximum Gasteiger partial charge on any atom is 0.0822 e. The van der Waals surface area contributed by atoms with Crippen LogP contribution in [0.15, 0.2) is 0 Å². The van der Waals surface area contributed by atoms with Gasteiger partial charge in [-0.1, -0.05) is 6.92 Å². The van der Waals surface area contributed by atoms with Gasteiger partial charge in [0, 0.05) is 0 Å². The van der Waals surface area contributed by atoms with E-state index < -0.39 is 0 Å². The third-order valence-corrected chi connectivity index (χ3v) is 0.429. The van der Waals surface area contributed by atoms with Crippen molar-refractivity contribution in [1.82, 2.24) is 0 Å². The van der Waals surface area contributed by atoms with Crippen molar-refractivity contribution in [2.75, 3.05) is 13.2 Å². The monoisotopic (exact) mass is 103 g/mol. The van der Waals surface area contributed by atoms with Crippen molar-refractivity contribution >= 4 is 0 Å². The highest BCUT2D eigenvalue weighted by Gasteiger charge is 1.78. The van der Waals surface area contributed by atoms with Crippen molar-refractivity contribution in [2.24, 2.45) is 0 Å². The first kappa shape index (κ1) is 6.92. The van der Waals surface area contributed by atoms with Gasteiger partial charge in [-0.3, -0.25) is 0 Å². The average Bonchev–Trinajstić information content (AvgIpc) is 1.69. The molecule has 0 aromatic rings. The van der Waals surface area contributed by atoms with E-state index in [0.29, 0.717) is 13.2 Å². The highest BCUT2D eigenvalue weighted by atomic mass is 17.2. The van der Waals surface area contributed by atoms with Crippen molar-refractivity contribution < 1.29 is 9.78 Å². The summed E-state index contributed by atoms with van der Waals surface area (Å²) in [5.41, 5.74) is 0. The summed E-state index contributed by atoms with van der Waals surface area (Å²) >= 11 is 0. The van der Waals surface area contributed by atoms with Gasteiger partial charge in [0.1, 0.15) is 0 Å². The molecule has 2 heteroatoms. The van der Waals surface area contributed by atoms with Gasteiger partial charge in [0.2, 0.25) is 0 Å². The average molecular weight is 103 g/mol. The summed E-state index contributed by atoms with van der Waals surface area (Å²) in [7, 11) is 0. The Kier molecular flexibility index (Phi) is 5.85. The fraction of sp³-hybridized carbons (Fsp3) is 0.800. The lowest BCUT2D eigenvalue weighted by Crippen LogP contribution is -1.93. The molecule has 0 aromatic carbocycles. The molecule has 0 N–H and O–H groups in total. The van der Waals surface area contributed by atoms with Crippen LogP contribution in [-0.4, -0.2) is 13.2 Å². The van der Waals surface area contributed by atoms with Gasteiger partial charge in [-0.15, -0.1) is 0 Å². The van der Waals surface area contributed by atoms with Gasteiger partial charge in [0.15, 0.2) is 0 Å². The molecule has 0 rings (SSSR count). The maximum absolute atomic E-state index is 4.57. The molecule has 0 amide bonds. The fourth-order valence-corrected chi connectivity index (χ4v) is 0.201. The third kappa shape index (κ3) is 5.92. The first-order valence-corrected chi connectivity index (χ1v) is 2.45. The first-order valence-electron chi connectivity index (χ1n) is 2.45. The molecule has 0 saturated carbocycles. The van der Waals surface area contributed by atoms with Crippen LogP contribution in [0.25, 0.3) is 0 Å². The minimum absolute atomic E-state index is 0.591. The second kappa shape index (κ2) is 5.92. The molecule has 7 heavy (non-hydrogen) atoms. The van der Waals surface area contributed by atoms with Crippen molar-refractivity contribution in [3.05, 3.63) is 6.92 Å². The van der Waals surface area contributed by atoms with Crippen LogP contribution in [0, 0.1) is 6.92 Å². The second-order valence-electron chi connectivity index (χ2n) is 1.08. The van der Waals surface area contributed by atoms with Gasteiger partial charge in [-0.2, -0.15) is 0 Å². The van der Waals surface area contributed by atoms with E-state index in [9.17, 15) is 0 Å². The molecular formula is C5H11O2. The minimum atomic E-state index is 0.591. The van der Waals surface area contributed by atoms with E-state index in [-0.39, 0.29) is 0 Å². The molecule has 0 aliphatic rings. The fourth-order valence-electron chi connectivity index (χ4n) is 0.201. The topological polar surface area (TPSA) is 18.5 Å². The molecule has 0 heterocycles. The summed E-state index contributed by atoms with van der Waals surface area (Å²) in [5, 5.41) is 0. The predicted molar refractivity (Wildman–Crippen MR) is 27.6 cm³/mol. The van der Waals surface area contributed by atoms with Crippen molar-refractivity contribution in [3.8, 4) is 0 Å². The smallest absolute Gasteiger partial charge is 0.0822 e. The van der Waals surface area contributed by atoms with Crippen LogP contribution in [-0.2, 0) is 9.78 Å². The van der Waals surface area contributed by atoms with Crippen LogP contribution >= 0.6 is 0 Å². The van der Waals surface area contributed by atoms with Crippen LogP contribution in [0.2, 0.25) is 0 Å². The highest BCUT2D eigenvalue weighted by molar-refractivity contribution is 4.30. The summed E-state index contributed by atoms with van der Waals surface area (Å²) in [6.07, 6.45) is 0.764. The van der Waals surface area contributed by atoms with Crippen LogP contribution in [0.5, 0.6) is 0 Å². The summed E-state index contributed by atoms with van der Waals surface area (Å²) in [6.45, 7) is 6.63. The SMILES string of the molecule is [CH2]CCOOCC. The second-order valence-corrected chi connectivity index (χ2v) is 1.08. The van der Waals surface area contributed by atoms with Crippen molar-refractivity contribution in [1.29, 1.82) is 0 Å². The normalized spacial score (nSPS) is 9.43. The standard InChI is InChI=1S/C5H11O2/c1-3-5-7-6-4-2/h1,3-5H2,2H3. The lowest BCUT2D eigenvalue weighted by Gasteiger charge is -1.95. The van der Waals surface area contributed by atoms with E-state index in [2.05, 4.69) is 16.7 Å². The molecule has 0 spiro atoms. The highest BCUT2D eigenvalue weighted by Crippen LogP contribution is 1.79. The van der Waals surface area contributed by atoms with Gasteiger partial charge in [0.05, 0.1) is 13.2 Å². The van der Waals surface area contributed by atoms with Gasteiger partial charge in [0.25, 0.3) is 0 Å². The predicted octanol–water partition coefficient (Wildman–Crippen LogP) is 1.18. The largest absolute Gasteiger partial charge is 0.237 e. The Morgan fingerprint density at radius 3 is 2.57 bits per heavy atom. The molecule has 0 bridgehead atoms. The van der Waals surface area contributed by atoms with Crippen LogP contribution in [0.1, 0.15) is 13.3 Å². The van der Waals surface area contributed by atoms with Gasteiger partial charge in [-0.25, -0.2) is 9.78 Å². The lowest BCUT2D eigenvalue weighted by atomic mass is 10.5. The van der Waals surface area contributed by atoms with E-state index in [4.69, 9.17) is 0 Å². The molecule has 0 aliphatic heterocycles. The Morgan fingerprint density at radius 1 is 1.43 bits per heavy atom. The zero-order valence-electron chi connectivity index (χ0n) is 4.64. The molecule has 43 valence electrons. The summed E-state index contributed by atoms with van der Waals surface area (Å²) in [4.78, 5) is 9.10. The summed E-state index contributed by atoms with van der Waals surface area (Å²) in [5.74, 6) is 0. The molecule has 1 radical (unpaired) electrons. The van der Waals surface area contributed by atoms with Gasteiger partial charge in [-0.05, 0) is 13.3 Å². The Bertz CT molecular complexity index is 25.3. The first-order chi connectivity index (χ1) is 3.41. The molecule has 0 aromatic heterocycles.